The molecule has 1 N–H and O–H groups in total. The van der Waals surface area contributed by atoms with E-state index in [1.165, 1.54) is 23.1 Å². The zero-order valence-electron chi connectivity index (χ0n) is 16.1. The highest BCUT2D eigenvalue weighted by Crippen LogP contribution is 2.26. The Morgan fingerprint density at radius 2 is 1.76 bits per heavy atom. The van der Waals surface area contributed by atoms with Crippen LogP contribution in [0.3, 0.4) is 0 Å². The van der Waals surface area contributed by atoms with E-state index in [1.807, 2.05) is 6.92 Å². The predicted octanol–water partition coefficient (Wildman–Crippen LogP) is 4.35. The SMILES string of the molecule is C=CCN(CC=C)C(=O)c1ccc(Cl)c(S(=O)(=O)Nc2ccc(OCC)cc2)c1. The van der Waals surface area contributed by atoms with Gasteiger partial charge in [0.25, 0.3) is 15.9 Å². The fourth-order valence-electron chi connectivity index (χ4n) is 2.57. The smallest absolute Gasteiger partial charge is 0.263 e. The summed E-state index contributed by atoms with van der Waals surface area (Å²) in [6.07, 6.45) is 3.17. The molecule has 2 aromatic rings. The number of hydrogen-bond donors (Lipinski definition) is 1. The summed E-state index contributed by atoms with van der Waals surface area (Å²) in [5.74, 6) is 0.282. The monoisotopic (exact) mass is 434 g/mol. The maximum Gasteiger partial charge on any atom is 0.263 e. The lowest BCUT2D eigenvalue weighted by Crippen LogP contribution is -2.31. The quantitative estimate of drug-likeness (QED) is 0.564. The summed E-state index contributed by atoms with van der Waals surface area (Å²) in [5.41, 5.74) is 0.548. The van der Waals surface area contributed by atoms with Gasteiger partial charge in [0.05, 0.1) is 11.6 Å². The highest BCUT2D eigenvalue weighted by Gasteiger charge is 2.22. The Morgan fingerprint density at radius 1 is 1.14 bits per heavy atom. The van der Waals surface area contributed by atoms with Crippen molar-refractivity contribution in [2.45, 2.75) is 11.8 Å². The van der Waals surface area contributed by atoms with E-state index in [2.05, 4.69) is 17.9 Å². The number of benzene rings is 2. The molecular weight excluding hydrogens is 412 g/mol. The molecule has 0 heterocycles. The van der Waals surface area contributed by atoms with Gasteiger partial charge in [-0.2, -0.15) is 0 Å². The zero-order chi connectivity index (χ0) is 21.4. The summed E-state index contributed by atoms with van der Waals surface area (Å²) in [5, 5.41) is 0.0129. The number of rotatable bonds is 10. The van der Waals surface area contributed by atoms with Gasteiger partial charge < -0.3 is 9.64 Å². The maximum absolute atomic E-state index is 12.8. The second kappa shape index (κ2) is 10.1. The Bertz CT molecular complexity index is 978. The van der Waals surface area contributed by atoms with E-state index in [4.69, 9.17) is 16.3 Å². The van der Waals surface area contributed by atoms with Crippen molar-refractivity contribution in [3.63, 3.8) is 0 Å². The third kappa shape index (κ3) is 5.85. The van der Waals surface area contributed by atoms with Crippen molar-refractivity contribution in [1.29, 1.82) is 0 Å². The number of nitrogens with one attached hydrogen (secondary N) is 1. The second-order valence-electron chi connectivity index (χ2n) is 6.00. The van der Waals surface area contributed by atoms with Gasteiger partial charge in [-0.25, -0.2) is 8.42 Å². The number of nitrogens with zero attached hydrogens (tertiary/aromatic N) is 1. The van der Waals surface area contributed by atoms with Crippen molar-refractivity contribution in [2.75, 3.05) is 24.4 Å². The molecule has 0 bridgehead atoms. The van der Waals surface area contributed by atoms with Gasteiger partial charge in [-0.15, -0.1) is 13.2 Å². The van der Waals surface area contributed by atoms with Crippen LogP contribution in [0.4, 0.5) is 5.69 Å². The van der Waals surface area contributed by atoms with Crippen molar-refractivity contribution in [2.24, 2.45) is 0 Å². The molecule has 29 heavy (non-hydrogen) atoms. The Balaban J connectivity index is 2.32. The molecule has 0 aliphatic heterocycles. The van der Waals surface area contributed by atoms with E-state index >= 15 is 0 Å². The molecule has 2 aromatic carbocycles. The number of halogens is 1. The first kappa shape index (κ1) is 22.5. The molecule has 0 spiro atoms. The summed E-state index contributed by atoms with van der Waals surface area (Å²) in [4.78, 5) is 14.0. The van der Waals surface area contributed by atoms with E-state index in [9.17, 15) is 13.2 Å². The molecule has 0 fully saturated rings. The van der Waals surface area contributed by atoms with Crippen molar-refractivity contribution in [3.05, 3.63) is 78.4 Å². The van der Waals surface area contributed by atoms with Gasteiger partial charge in [-0.3, -0.25) is 9.52 Å². The molecule has 1 amide bonds. The molecule has 0 aromatic heterocycles. The number of amides is 1. The van der Waals surface area contributed by atoms with Crippen LogP contribution >= 0.6 is 11.6 Å². The van der Waals surface area contributed by atoms with E-state index in [1.54, 1.807) is 36.4 Å². The predicted molar refractivity (Wildman–Crippen MR) is 116 cm³/mol. The first-order valence-corrected chi connectivity index (χ1v) is 10.7. The van der Waals surface area contributed by atoms with Gasteiger partial charge in [-0.1, -0.05) is 23.8 Å². The highest BCUT2D eigenvalue weighted by atomic mass is 35.5. The number of hydrogen-bond acceptors (Lipinski definition) is 4. The van der Waals surface area contributed by atoms with E-state index in [-0.39, 0.29) is 21.4 Å². The lowest BCUT2D eigenvalue weighted by atomic mass is 10.2. The number of sulfonamides is 1. The summed E-state index contributed by atoms with van der Waals surface area (Å²) >= 11 is 6.12. The fourth-order valence-corrected chi connectivity index (χ4v) is 4.16. The van der Waals surface area contributed by atoms with Gasteiger partial charge in [0.1, 0.15) is 10.6 Å². The minimum absolute atomic E-state index is 0.0129. The number of ether oxygens (including phenoxy) is 1. The average Bonchev–Trinajstić information content (AvgIpc) is 2.69. The van der Waals surface area contributed by atoms with Crippen molar-refractivity contribution in [3.8, 4) is 5.75 Å². The minimum atomic E-state index is -4.01. The fraction of sp³-hybridized carbons (Fsp3) is 0.190. The average molecular weight is 435 g/mol. The third-order valence-electron chi connectivity index (χ3n) is 3.87. The second-order valence-corrected chi connectivity index (χ2v) is 8.05. The molecule has 0 saturated heterocycles. The van der Waals surface area contributed by atoms with Crippen LogP contribution < -0.4 is 9.46 Å². The standard InChI is InChI=1S/C21H23ClN2O4S/c1-4-13-24(14-5-2)21(25)16-7-12-19(22)20(15-16)29(26,27)23-17-8-10-18(11-9-17)28-6-3/h4-5,7-12,15,23H,1-2,6,13-14H2,3H3. The van der Waals surface area contributed by atoms with E-state index < -0.39 is 10.0 Å². The molecule has 0 aliphatic carbocycles. The van der Waals surface area contributed by atoms with Gasteiger partial charge >= 0.3 is 0 Å². The normalized spacial score (nSPS) is 10.8. The van der Waals surface area contributed by atoms with Gasteiger partial charge in [0.2, 0.25) is 0 Å². The number of carbonyl (C=O) groups is 1. The Morgan fingerprint density at radius 3 is 2.31 bits per heavy atom. The van der Waals surface area contributed by atoms with E-state index in [0.29, 0.717) is 31.1 Å². The molecule has 154 valence electrons. The molecule has 0 aliphatic rings. The maximum atomic E-state index is 12.8. The number of anilines is 1. The molecule has 6 nitrogen and oxygen atoms in total. The van der Waals surface area contributed by atoms with Crippen LogP contribution in [-0.2, 0) is 10.0 Å². The summed E-state index contributed by atoms with van der Waals surface area (Å²) < 4.78 is 33.5. The lowest BCUT2D eigenvalue weighted by Gasteiger charge is -2.20. The van der Waals surface area contributed by atoms with Gasteiger partial charge in [0, 0.05) is 24.3 Å². The number of carbonyl (C=O) groups excluding carboxylic acids is 1. The summed E-state index contributed by atoms with van der Waals surface area (Å²) in [6.45, 7) is 10.2. The Labute approximate surface area is 176 Å². The molecule has 2 rings (SSSR count). The molecule has 8 heteroatoms. The van der Waals surface area contributed by atoms with E-state index in [0.717, 1.165) is 0 Å². The minimum Gasteiger partial charge on any atom is -0.494 e. The zero-order valence-corrected chi connectivity index (χ0v) is 17.7. The van der Waals surface area contributed by atoms with Crippen LogP contribution in [0.1, 0.15) is 17.3 Å². The van der Waals surface area contributed by atoms with Crippen LogP contribution in [0.15, 0.2) is 72.7 Å². The largest absolute Gasteiger partial charge is 0.494 e. The van der Waals surface area contributed by atoms with Gasteiger partial charge in [-0.05, 0) is 49.4 Å². The first-order chi connectivity index (χ1) is 13.8. The van der Waals surface area contributed by atoms with Crippen molar-refractivity contribution < 1.29 is 17.9 Å². The molecule has 0 unspecified atom stereocenters. The molecule has 0 radical (unpaired) electrons. The van der Waals surface area contributed by atoms with Crippen LogP contribution in [0, 0.1) is 0 Å². The van der Waals surface area contributed by atoms with Crippen LogP contribution in [0.5, 0.6) is 5.75 Å². The Kier molecular flexibility index (Phi) is 7.87. The van der Waals surface area contributed by atoms with Crippen molar-refractivity contribution >= 4 is 33.2 Å². The van der Waals surface area contributed by atoms with Crippen molar-refractivity contribution in [1.82, 2.24) is 4.90 Å². The van der Waals surface area contributed by atoms with Crippen LogP contribution in [0.2, 0.25) is 5.02 Å². The first-order valence-electron chi connectivity index (χ1n) is 8.88. The third-order valence-corrected chi connectivity index (χ3v) is 5.73. The van der Waals surface area contributed by atoms with Gasteiger partial charge in [0.15, 0.2) is 0 Å². The topological polar surface area (TPSA) is 75.7 Å². The molecule has 0 atom stereocenters. The van der Waals surface area contributed by atoms with Crippen LogP contribution in [-0.4, -0.2) is 38.9 Å². The summed E-state index contributed by atoms with van der Waals surface area (Å²) in [7, 11) is -4.01. The summed E-state index contributed by atoms with van der Waals surface area (Å²) in [6, 6.07) is 10.6. The Hall–Kier alpha value is -2.77. The van der Waals surface area contributed by atoms with Crippen LogP contribution in [0.25, 0.3) is 0 Å². The molecular formula is C21H23ClN2O4S. The lowest BCUT2D eigenvalue weighted by molar-refractivity contribution is 0.0790. The highest BCUT2D eigenvalue weighted by molar-refractivity contribution is 7.92. The molecule has 0 saturated carbocycles.